The molecule has 0 bridgehead atoms. The minimum Gasteiger partial charge on any atom is -0.451 e. The van der Waals surface area contributed by atoms with E-state index in [1.54, 1.807) is 6.26 Å². The summed E-state index contributed by atoms with van der Waals surface area (Å²) >= 11 is 0. The summed E-state index contributed by atoms with van der Waals surface area (Å²) in [6, 6.07) is 0. The van der Waals surface area contributed by atoms with Crippen molar-refractivity contribution >= 4 is 0 Å². The van der Waals surface area contributed by atoms with E-state index in [-0.39, 0.29) is 5.41 Å². The number of aromatic nitrogens is 1. The first-order valence-corrected chi connectivity index (χ1v) is 4.05. The summed E-state index contributed by atoms with van der Waals surface area (Å²) in [5.41, 5.74) is 1.22. The Kier molecular flexibility index (Phi) is 2.32. The van der Waals surface area contributed by atoms with Crippen LogP contribution in [0.15, 0.2) is 17.1 Å². The fraction of sp³-hybridized carbons (Fsp3) is 0.667. The molecule has 0 aliphatic carbocycles. The third-order valence-corrected chi connectivity index (χ3v) is 2.00. The molecule has 0 aliphatic heterocycles. The molecular weight excluding hydrogens is 138 g/mol. The summed E-state index contributed by atoms with van der Waals surface area (Å²) in [5, 5.41) is 0. The molecule has 0 spiro atoms. The maximum absolute atomic E-state index is 4.94. The molecule has 0 saturated heterocycles. The fourth-order valence-electron chi connectivity index (χ4n) is 1.30. The van der Waals surface area contributed by atoms with E-state index in [1.165, 1.54) is 12.8 Å². The molecule has 2 nitrogen and oxygen atoms in total. The normalized spacial score (nSPS) is 11.9. The van der Waals surface area contributed by atoms with Gasteiger partial charge in [0, 0.05) is 5.41 Å². The zero-order chi connectivity index (χ0) is 8.32. The second-order valence-electron chi connectivity index (χ2n) is 3.51. The van der Waals surface area contributed by atoms with E-state index in [1.807, 2.05) is 0 Å². The van der Waals surface area contributed by atoms with Gasteiger partial charge in [-0.3, -0.25) is 0 Å². The van der Waals surface area contributed by atoms with Crippen molar-refractivity contribution in [3.8, 4) is 0 Å². The van der Waals surface area contributed by atoms with Crippen molar-refractivity contribution in [3.05, 3.63) is 18.4 Å². The van der Waals surface area contributed by atoms with Gasteiger partial charge in [0.15, 0.2) is 6.39 Å². The number of hydrogen-bond donors (Lipinski definition) is 0. The standard InChI is InChI=1S/C9H15NO/c1-4-5-9(2,3)8-6-11-7-10-8/h6-7H,4-5H2,1-3H3. The van der Waals surface area contributed by atoms with Gasteiger partial charge < -0.3 is 4.42 Å². The molecule has 0 amide bonds. The molecule has 0 saturated carbocycles. The molecule has 1 aromatic heterocycles. The smallest absolute Gasteiger partial charge is 0.180 e. The average Bonchev–Trinajstić information content (AvgIpc) is 2.37. The molecule has 1 rings (SSSR count). The predicted molar refractivity (Wildman–Crippen MR) is 44.4 cm³/mol. The summed E-state index contributed by atoms with van der Waals surface area (Å²) in [7, 11) is 0. The topological polar surface area (TPSA) is 26.0 Å². The molecule has 0 fully saturated rings. The predicted octanol–water partition coefficient (Wildman–Crippen LogP) is 2.75. The van der Waals surface area contributed by atoms with Crippen LogP contribution < -0.4 is 0 Å². The third-order valence-electron chi connectivity index (χ3n) is 2.00. The van der Waals surface area contributed by atoms with Gasteiger partial charge in [-0.05, 0) is 6.42 Å². The van der Waals surface area contributed by atoms with Crippen LogP contribution in [-0.2, 0) is 5.41 Å². The number of rotatable bonds is 3. The van der Waals surface area contributed by atoms with Crippen LogP contribution in [0.3, 0.4) is 0 Å². The van der Waals surface area contributed by atoms with Crippen LogP contribution in [0.4, 0.5) is 0 Å². The molecule has 1 aromatic rings. The van der Waals surface area contributed by atoms with E-state index in [0.717, 1.165) is 12.1 Å². The van der Waals surface area contributed by atoms with Gasteiger partial charge in [-0.2, -0.15) is 0 Å². The SMILES string of the molecule is CCCC(C)(C)c1cocn1. The molecule has 2 heteroatoms. The average molecular weight is 153 g/mol. The molecule has 0 aromatic carbocycles. The Bertz CT molecular complexity index is 201. The van der Waals surface area contributed by atoms with Crippen molar-refractivity contribution in [3.63, 3.8) is 0 Å². The van der Waals surface area contributed by atoms with Gasteiger partial charge in [-0.15, -0.1) is 0 Å². The van der Waals surface area contributed by atoms with Gasteiger partial charge >= 0.3 is 0 Å². The Hall–Kier alpha value is -0.790. The molecule has 0 aliphatic rings. The molecule has 1 heterocycles. The summed E-state index contributed by atoms with van der Waals surface area (Å²) < 4.78 is 4.94. The molecule has 0 N–H and O–H groups in total. The van der Waals surface area contributed by atoms with Crippen molar-refractivity contribution in [1.29, 1.82) is 0 Å². The van der Waals surface area contributed by atoms with Gasteiger partial charge in [0.1, 0.15) is 6.26 Å². The van der Waals surface area contributed by atoms with Crippen LogP contribution in [0.25, 0.3) is 0 Å². The first-order valence-electron chi connectivity index (χ1n) is 4.05. The van der Waals surface area contributed by atoms with Crippen LogP contribution in [0.5, 0.6) is 0 Å². The highest BCUT2D eigenvalue weighted by Gasteiger charge is 2.21. The zero-order valence-electron chi connectivity index (χ0n) is 7.42. The second-order valence-corrected chi connectivity index (χ2v) is 3.51. The van der Waals surface area contributed by atoms with E-state index in [2.05, 4.69) is 25.8 Å². The van der Waals surface area contributed by atoms with Gasteiger partial charge in [-0.25, -0.2) is 4.98 Å². The number of nitrogens with zero attached hydrogens (tertiary/aromatic N) is 1. The second kappa shape index (κ2) is 3.07. The van der Waals surface area contributed by atoms with Crippen molar-refractivity contribution in [2.75, 3.05) is 0 Å². The van der Waals surface area contributed by atoms with Crippen LogP contribution >= 0.6 is 0 Å². The highest BCUT2D eigenvalue weighted by atomic mass is 16.3. The molecular formula is C9H15NO. The summed E-state index contributed by atoms with van der Waals surface area (Å²) in [5.74, 6) is 0. The van der Waals surface area contributed by atoms with Gasteiger partial charge in [0.25, 0.3) is 0 Å². The van der Waals surface area contributed by atoms with E-state index in [9.17, 15) is 0 Å². The summed E-state index contributed by atoms with van der Waals surface area (Å²) in [6.07, 6.45) is 5.56. The van der Waals surface area contributed by atoms with Gasteiger partial charge in [-0.1, -0.05) is 27.2 Å². The lowest BCUT2D eigenvalue weighted by Crippen LogP contribution is -2.16. The van der Waals surface area contributed by atoms with Crippen molar-refractivity contribution in [2.24, 2.45) is 0 Å². The summed E-state index contributed by atoms with van der Waals surface area (Å²) in [6.45, 7) is 6.56. The first-order chi connectivity index (χ1) is 5.17. The Morgan fingerprint density at radius 2 is 2.27 bits per heavy atom. The summed E-state index contributed by atoms with van der Waals surface area (Å²) in [4.78, 5) is 4.14. The minimum absolute atomic E-state index is 0.168. The lowest BCUT2D eigenvalue weighted by Gasteiger charge is -2.20. The highest BCUT2D eigenvalue weighted by molar-refractivity contribution is 5.07. The van der Waals surface area contributed by atoms with Crippen LogP contribution in [0.1, 0.15) is 39.3 Å². The Morgan fingerprint density at radius 3 is 2.73 bits per heavy atom. The first kappa shape index (κ1) is 8.31. The van der Waals surface area contributed by atoms with E-state index >= 15 is 0 Å². The van der Waals surface area contributed by atoms with E-state index < -0.39 is 0 Å². The highest BCUT2D eigenvalue weighted by Crippen LogP contribution is 2.26. The lowest BCUT2D eigenvalue weighted by molar-refractivity contribution is 0.456. The number of hydrogen-bond acceptors (Lipinski definition) is 2. The molecule has 0 unspecified atom stereocenters. The molecule has 11 heavy (non-hydrogen) atoms. The number of oxazole rings is 1. The van der Waals surface area contributed by atoms with Crippen molar-refractivity contribution in [1.82, 2.24) is 4.98 Å². The van der Waals surface area contributed by atoms with Gasteiger partial charge in [0.05, 0.1) is 5.69 Å². The lowest BCUT2D eigenvalue weighted by atomic mass is 9.85. The Morgan fingerprint density at radius 1 is 1.55 bits per heavy atom. The molecule has 0 atom stereocenters. The largest absolute Gasteiger partial charge is 0.451 e. The zero-order valence-corrected chi connectivity index (χ0v) is 7.42. The monoisotopic (exact) mass is 153 g/mol. The Balaban J connectivity index is 2.73. The van der Waals surface area contributed by atoms with Crippen LogP contribution in [0.2, 0.25) is 0 Å². The quantitative estimate of drug-likeness (QED) is 0.667. The molecule has 0 radical (unpaired) electrons. The minimum atomic E-state index is 0.168. The van der Waals surface area contributed by atoms with Gasteiger partial charge in [0.2, 0.25) is 0 Å². The van der Waals surface area contributed by atoms with Crippen LogP contribution in [0, 0.1) is 0 Å². The van der Waals surface area contributed by atoms with Crippen LogP contribution in [-0.4, -0.2) is 4.98 Å². The van der Waals surface area contributed by atoms with E-state index in [4.69, 9.17) is 4.42 Å². The molecule has 62 valence electrons. The maximum Gasteiger partial charge on any atom is 0.180 e. The van der Waals surface area contributed by atoms with Crippen molar-refractivity contribution < 1.29 is 4.42 Å². The maximum atomic E-state index is 4.94. The fourth-order valence-corrected chi connectivity index (χ4v) is 1.30. The third kappa shape index (κ3) is 1.82. The van der Waals surface area contributed by atoms with E-state index in [0.29, 0.717) is 0 Å². The van der Waals surface area contributed by atoms with Crippen molar-refractivity contribution in [2.45, 2.75) is 39.0 Å². The Labute approximate surface area is 67.6 Å².